The lowest BCUT2D eigenvalue weighted by Crippen LogP contribution is -2.46. The van der Waals surface area contributed by atoms with Gasteiger partial charge < -0.3 is 14.9 Å². The minimum Gasteiger partial charge on any atom is -0.480 e. The molecule has 0 aromatic rings. The fraction of sp³-hybridized carbons (Fsp3) is 0.500. The highest BCUT2D eigenvalue weighted by Crippen LogP contribution is 2.31. The van der Waals surface area contributed by atoms with Crippen LogP contribution in [0.15, 0.2) is 28.3 Å². The van der Waals surface area contributed by atoms with Crippen molar-refractivity contribution in [1.29, 1.82) is 0 Å². The molecule has 2 aliphatic heterocycles. The molecule has 0 saturated heterocycles. The van der Waals surface area contributed by atoms with Gasteiger partial charge in [0.05, 0.1) is 11.3 Å². The lowest BCUT2D eigenvalue weighted by Gasteiger charge is -2.30. The molecule has 2 heterocycles. The molecule has 1 fully saturated rings. The van der Waals surface area contributed by atoms with Crippen LogP contribution in [0.4, 0.5) is 0 Å². The van der Waals surface area contributed by atoms with Crippen LogP contribution >= 0.6 is 0 Å². The molecule has 3 aliphatic rings. The van der Waals surface area contributed by atoms with Crippen LogP contribution in [0.1, 0.15) is 19.8 Å². The number of fused-ring (bicyclic) bond motifs is 1. The highest BCUT2D eigenvalue weighted by atomic mass is 32.2. The highest BCUT2D eigenvalue weighted by Gasteiger charge is 2.39. The van der Waals surface area contributed by atoms with E-state index in [-0.39, 0.29) is 30.1 Å². The molecular formula is C14H17N3O5S. The van der Waals surface area contributed by atoms with E-state index in [2.05, 4.69) is 4.40 Å². The maximum absolute atomic E-state index is 12.7. The molecule has 1 amide bonds. The first-order valence-electron chi connectivity index (χ1n) is 7.33. The summed E-state index contributed by atoms with van der Waals surface area (Å²) < 4.78 is 26.6. The number of carboxylic acid groups (broad SMARTS) is 1. The molecule has 124 valence electrons. The molecule has 9 heteroatoms. The zero-order valence-corrected chi connectivity index (χ0v) is 13.4. The summed E-state index contributed by atoms with van der Waals surface area (Å²) in [5, 5.41) is 9.19. The fourth-order valence-corrected chi connectivity index (χ4v) is 3.58. The number of sulfonamides is 1. The average Bonchev–Trinajstić information content (AvgIpc) is 3.30. The monoisotopic (exact) mass is 339 g/mol. The van der Waals surface area contributed by atoms with E-state index in [4.69, 9.17) is 0 Å². The third-order valence-electron chi connectivity index (χ3n) is 4.02. The van der Waals surface area contributed by atoms with Gasteiger partial charge >= 0.3 is 5.97 Å². The Balaban J connectivity index is 1.85. The predicted molar refractivity (Wildman–Crippen MR) is 82.1 cm³/mol. The van der Waals surface area contributed by atoms with Gasteiger partial charge in [-0.05, 0) is 31.9 Å². The van der Waals surface area contributed by atoms with Gasteiger partial charge in [-0.1, -0.05) is 0 Å². The van der Waals surface area contributed by atoms with Crippen LogP contribution in [0, 0.1) is 0 Å². The largest absolute Gasteiger partial charge is 0.480 e. The zero-order valence-electron chi connectivity index (χ0n) is 12.5. The second kappa shape index (κ2) is 5.48. The molecule has 1 saturated carbocycles. The summed E-state index contributed by atoms with van der Waals surface area (Å²) >= 11 is 0. The lowest BCUT2D eigenvalue weighted by molar-refractivity contribution is -0.148. The summed E-state index contributed by atoms with van der Waals surface area (Å²) in [6.07, 6.45) is 6.10. The number of aliphatic carboxylic acids is 1. The van der Waals surface area contributed by atoms with Gasteiger partial charge in [0.15, 0.2) is 0 Å². The van der Waals surface area contributed by atoms with Gasteiger partial charge in [-0.3, -0.25) is 4.79 Å². The van der Waals surface area contributed by atoms with Crippen molar-refractivity contribution < 1.29 is 23.1 Å². The molecule has 23 heavy (non-hydrogen) atoms. The number of amidine groups is 1. The summed E-state index contributed by atoms with van der Waals surface area (Å²) in [5.41, 5.74) is 0.336. The van der Waals surface area contributed by atoms with E-state index in [0.717, 1.165) is 12.8 Å². The molecule has 1 unspecified atom stereocenters. The third kappa shape index (κ3) is 3.14. The van der Waals surface area contributed by atoms with Crippen molar-refractivity contribution in [2.75, 3.05) is 12.3 Å². The maximum Gasteiger partial charge on any atom is 0.326 e. The fourth-order valence-electron chi connectivity index (χ4n) is 2.61. The normalized spacial score (nSPS) is 23.4. The summed E-state index contributed by atoms with van der Waals surface area (Å²) in [4.78, 5) is 26.9. The molecule has 1 atom stereocenters. The lowest BCUT2D eigenvalue weighted by atomic mass is 10.1. The Labute approximate surface area is 133 Å². The topological polar surface area (TPSA) is 107 Å². The van der Waals surface area contributed by atoms with E-state index >= 15 is 0 Å². The number of rotatable bonds is 4. The zero-order chi connectivity index (χ0) is 16.8. The van der Waals surface area contributed by atoms with Gasteiger partial charge in [0.25, 0.3) is 15.9 Å². The van der Waals surface area contributed by atoms with Crippen molar-refractivity contribution in [3.8, 4) is 0 Å². The van der Waals surface area contributed by atoms with E-state index in [9.17, 15) is 23.1 Å². The van der Waals surface area contributed by atoms with Gasteiger partial charge in [0.1, 0.15) is 11.9 Å². The van der Waals surface area contributed by atoms with Crippen LogP contribution in [0.5, 0.6) is 0 Å². The first-order chi connectivity index (χ1) is 10.8. The molecule has 0 spiro atoms. The molecule has 0 aromatic carbocycles. The van der Waals surface area contributed by atoms with Gasteiger partial charge in [-0.2, -0.15) is 0 Å². The van der Waals surface area contributed by atoms with Crippen LogP contribution in [0.3, 0.4) is 0 Å². The molecule has 0 aromatic heterocycles. The molecule has 0 radical (unpaired) electrons. The van der Waals surface area contributed by atoms with E-state index in [1.54, 1.807) is 11.1 Å². The van der Waals surface area contributed by atoms with Gasteiger partial charge in [-0.25, -0.2) is 13.2 Å². The van der Waals surface area contributed by atoms with Crippen LogP contribution in [0.2, 0.25) is 0 Å². The number of carbonyl (C=O) groups excluding carboxylic acids is 1. The third-order valence-corrected chi connectivity index (χ3v) is 5.18. The molecule has 0 bridgehead atoms. The van der Waals surface area contributed by atoms with Crippen molar-refractivity contribution in [3.63, 3.8) is 0 Å². The van der Waals surface area contributed by atoms with Crippen molar-refractivity contribution >= 4 is 27.7 Å². The van der Waals surface area contributed by atoms with Crippen LogP contribution in [-0.2, 0) is 19.6 Å². The van der Waals surface area contributed by atoms with Crippen molar-refractivity contribution in [3.05, 3.63) is 23.9 Å². The van der Waals surface area contributed by atoms with Crippen molar-refractivity contribution in [1.82, 2.24) is 9.80 Å². The number of hydrogen-bond acceptors (Lipinski definition) is 5. The van der Waals surface area contributed by atoms with Gasteiger partial charge in [0.2, 0.25) is 0 Å². The minimum absolute atomic E-state index is 0.0419. The van der Waals surface area contributed by atoms with Crippen LogP contribution in [-0.4, -0.2) is 65.4 Å². The van der Waals surface area contributed by atoms with Crippen LogP contribution in [0.25, 0.3) is 0 Å². The smallest absolute Gasteiger partial charge is 0.326 e. The van der Waals surface area contributed by atoms with Crippen molar-refractivity contribution in [2.24, 2.45) is 4.40 Å². The molecular weight excluding hydrogens is 322 g/mol. The summed E-state index contributed by atoms with van der Waals surface area (Å²) in [7, 11) is -3.44. The van der Waals surface area contributed by atoms with E-state index in [1.807, 2.05) is 0 Å². The first-order valence-corrected chi connectivity index (χ1v) is 8.94. The summed E-state index contributed by atoms with van der Waals surface area (Å²) in [5.74, 6) is -1.24. The molecule has 1 aliphatic carbocycles. The Hall–Kier alpha value is -2.16. The Morgan fingerprint density at radius 2 is 2.09 bits per heavy atom. The quantitative estimate of drug-likeness (QED) is 0.769. The Morgan fingerprint density at radius 1 is 1.39 bits per heavy atom. The predicted octanol–water partition coefficient (Wildman–Crippen LogP) is -0.0519. The maximum atomic E-state index is 12.7. The van der Waals surface area contributed by atoms with Crippen LogP contribution < -0.4 is 0 Å². The highest BCUT2D eigenvalue weighted by molar-refractivity contribution is 7.90. The Kier molecular flexibility index (Phi) is 3.75. The van der Waals surface area contributed by atoms with Gasteiger partial charge in [-0.15, -0.1) is 4.40 Å². The van der Waals surface area contributed by atoms with Crippen molar-refractivity contribution in [2.45, 2.75) is 31.8 Å². The SMILES string of the molecule is CC(C(=O)O)N(C(=O)C1=CN2CCS(=O)(=O)N=C2C=C1)C1CC1. The molecule has 8 nitrogen and oxygen atoms in total. The number of carbonyl (C=O) groups is 2. The number of nitrogens with zero attached hydrogens (tertiary/aromatic N) is 3. The van der Waals surface area contributed by atoms with Gasteiger partial charge in [0, 0.05) is 18.8 Å². The van der Waals surface area contributed by atoms with E-state index < -0.39 is 22.0 Å². The second-order valence-electron chi connectivity index (χ2n) is 5.80. The minimum atomic E-state index is -3.44. The second-order valence-corrected chi connectivity index (χ2v) is 7.56. The number of carboxylic acids is 1. The standard InChI is InChI=1S/C14H17N3O5S/c1-9(14(19)20)17(11-3-4-11)13(18)10-2-5-12-15-23(21,22)7-6-16(12)8-10/h2,5,8-9,11H,3-4,6-7H2,1H3,(H,19,20). The average molecular weight is 339 g/mol. The molecule has 1 N–H and O–H groups in total. The van der Waals surface area contributed by atoms with E-state index in [0.29, 0.717) is 5.57 Å². The summed E-state index contributed by atoms with van der Waals surface area (Å²) in [6, 6.07) is -0.944. The number of hydrogen-bond donors (Lipinski definition) is 1. The molecule has 3 rings (SSSR count). The Bertz CT molecular complexity index is 748. The Morgan fingerprint density at radius 3 is 2.70 bits per heavy atom. The summed E-state index contributed by atoms with van der Waals surface area (Å²) in [6.45, 7) is 1.71. The van der Waals surface area contributed by atoms with E-state index in [1.165, 1.54) is 24.0 Å². The number of amides is 1. The first kappa shape index (κ1) is 15.7.